The van der Waals surface area contributed by atoms with Crippen molar-refractivity contribution in [2.24, 2.45) is 0 Å². The molecule has 0 radical (unpaired) electrons. The van der Waals surface area contributed by atoms with E-state index in [4.69, 9.17) is 9.47 Å². The molecule has 0 saturated heterocycles. The van der Waals surface area contributed by atoms with Crippen molar-refractivity contribution in [2.45, 2.75) is 44.4 Å². The molecule has 1 rings (SSSR count). The van der Waals surface area contributed by atoms with Crippen LogP contribution in [0, 0.1) is 0 Å². The van der Waals surface area contributed by atoms with E-state index in [1.54, 1.807) is 0 Å². The summed E-state index contributed by atoms with van der Waals surface area (Å²) < 4.78 is 42.3. The third-order valence-electron chi connectivity index (χ3n) is 3.18. The molecule has 0 bridgehead atoms. The van der Waals surface area contributed by atoms with Crippen LogP contribution < -0.4 is 0 Å². The second-order valence-electron chi connectivity index (χ2n) is 5.16. The molecule has 25 heavy (non-hydrogen) atoms. The topological polar surface area (TPSA) is 107 Å². The summed E-state index contributed by atoms with van der Waals surface area (Å²) >= 11 is 0. The molecule has 0 amide bonds. The Morgan fingerprint density at radius 2 is 1.52 bits per heavy atom. The maximum absolute atomic E-state index is 12.0. The average Bonchev–Trinajstić information content (AvgIpc) is 2.53. The summed E-state index contributed by atoms with van der Waals surface area (Å²) in [6, 6.07) is 3.31. The Bertz CT molecular complexity index is 686. The molecule has 0 heterocycles. The SMILES string of the molecule is CCCCOC(=O)c1ccc(C(=O)OCCCC)c(S(=O)(=O)O)c1.[LiH]. The number of hydrogen-bond donors (Lipinski definition) is 1. The van der Waals surface area contributed by atoms with Gasteiger partial charge in [-0.3, -0.25) is 4.55 Å². The molecule has 1 aromatic carbocycles. The van der Waals surface area contributed by atoms with Crippen LogP contribution in [0.3, 0.4) is 0 Å². The Morgan fingerprint density at radius 1 is 1.00 bits per heavy atom. The molecule has 0 fully saturated rings. The molecule has 0 spiro atoms. The molecule has 9 heteroatoms. The fourth-order valence-electron chi connectivity index (χ4n) is 1.81. The van der Waals surface area contributed by atoms with Gasteiger partial charge in [0.25, 0.3) is 10.1 Å². The van der Waals surface area contributed by atoms with Gasteiger partial charge in [0.05, 0.1) is 24.3 Å². The minimum absolute atomic E-state index is 0. The van der Waals surface area contributed by atoms with E-state index in [1.165, 1.54) is 6.07 Å². The molecule has 1 aromatic rings. The zero-order chi connectivity index (χ0) is 18.2. The Kier molecular flexibility index (Phi) is 10.7. The first-order valence-electron chi connectivity index (χ1n) is 7.77. The number of unbranched alkanes of at least 4 members (excludes halogenated alkanes) is 2. The van der Waals surface area contributed by atoms with Gasteiger partial charge in [-0.15, -0.1) is 0 Å². The van der Waals surface area contributed by atoms with Gasteiger partial charge in [-0.25, -0.2) is 9.59 Å². The van der Waals surface area contributed by atoms with E-state index in [0.29, 0.717) is 12.8 Å². The summed E-state index contributed by atoms with van der Waals surface area (Å²) in [5.41, 5.74) is -0.387. The van der Waals surface area contributed by atoms with Crippen molar-refractivity contribution < 1.29 is 32.0 Å². The summed E-state index contributed by atoms with van der Waals surface area (Å²) in [5, 5.41) is 0. The monoisotopic (exact) mass is 366 g/mol. The molecule has 0 aliphatic carbocycles. The normalized spacial score (nSPS) is 10.7. The first-order valence-corrected chi connectivity index (χ1v) is 9.21. The molecule has 1 N–H and O–H groups in total. The molecule has 136 valence electrons. The van der Waals surface area contributed by atoms with Gasteiger partial charge < -0.3 is 9.47 Å². The predicted octanol–water partition coefficient (Wildman–Crippen LogP) is 2.20. The van der Waals surface area contributed by atoms with Gasteiger partial charge in [0, 0.05) is 0 Å². The van der Waals surface area contributed by atoms with Crippen LogP contribution in [-0.4, -0.2) is 57.0 Å². The first-order chi connectivity index (χ1) is 11.3. The molecule has 0 aliphatic heterocycles. The van der Waals surface area contributed by atoms with Crippen LogP contribution in [-0.2, 0) is 19.6 Å². The van der Waals surface area contributed by atoms with E-state index in [9.17, 15) is 22.6 Å². The molecule has 0 atom stereocenters. The average molecular weight is 366 g/mol. The van der Waals surface area contributed by atoms with Crippen molar-refractivity contribution in [3.05, 3.63) is 29.3 Å². The molecular weight excluding hydrogens is 343 g/mol. The van der Waals surface area contributed by atoms with Gasteiger partial charge >= 0.3 is 30.8 Å². The molecule has 0 saturated carbocycles. The summed E-state index contributed by atoms with van der Waals surface area (Å²) in [7, 11) is -4.70. The Morgan fingerprint density at radius 3 is 2.00 bits per heavy atom. The fraction of sp³-hybridized carbons (Fsp3) is 0.500. The van der Waals surface area contributed by atoms with Crippen LogP contribution >= 0.6 is 0 Å². The van der Waals surface area contributed by atoms with Gasteiger partial charge in [-0.2, -0.15) is 8.42 Å². The molecule has 0 aromatic heterocycles. The summed E-state index contributed by atoms with van der Waals surface area (Å²) in [6.07, 6.45) is 2.96. The fourth-order valence-corrected chi connectivity index (χ4v) is 2.52. The zero-order valence-electron chi connectivity index (χ0n) is 13.8. The number of carbonyl (C=O) groups excluding carboxylic acids is 2. The first kappa shape index (κ1) is 23.7. The van der Waals surface area contributed by atoms with Crippen LogP contribution in [0.2, 0.25) is 0 Å². The van der Waals surface area contributed by atoms with Crippen LogP contribution in [0.25, 0.3) is 0 Å². The number of carbonyl (C=O) groups is 2. The van der Waals surface area contributed by atoms with Crippen molar-refractivity contribution in [1.29, 1.82) is 0 Å². The maximum atomic E-state index is 12.0. The predicted molar refractivity (Wildman–Crippen MR) is 93.8 cm³/mol. The molecule has 7 nitrogen and oxygen atoms in total. The van der Waals surface area contributed by atoms with Gasteiger partial charge in [0.1, 0.15) is 4.90 Å². The summed E-state index contributed by atoms with van der Waals surface area (Å²) in [4.78, 5) is 23.2. The molecule has 0 unspecified atom stereocenters. The Hall–Kier alpha value is -1.33. The van der Waals surface area contributed by atoms with E-state index in [0.717, 1.165) is 25.0 Å². The second kappa shape index (κ2) is 11.3. The standard InChI is InChI=1S/C16H22O7S.Li.H/c1-3-5-9-22-15(17)12-7-8-13(14(11-12)24(19,20)21)16(18)23-10-6-4-2;;/h7-8,11H,3-6,9-10H2,1-2H3,(H,19,20,21);;. The third-order valence-corrected chi connectivity index (χ3v) is 4.07. The van der Waals surface area contributed by atoms with Gasteiger partial charge in [-0.1, -0.05) is 26.7 Å². The van der Waals surface area contributed by atoms with Gasteiger partial charge in [-0.05, 0) is 31.0 Å². The van der Waals surface area contributed by atoms with Crippen LogP contribution in [0.1, 0.15) is 60.2 Å². The van der Waals surface area contributed by atoms with E-state index < -0.39 is 27.0 Å². The van der Waals surface area contributed by atoms with Crippen LogP contribution in [0.4, 0.5) is 0 Å². The van der Waals surface area contributed by atoms with E-state index in [-0.39, 0.29) is 43.2 Å². The van der Waals surface area contributed by atoms with Crippen molar-refractivity contribution in [2.75, 3.05) is 13.2 Å². The van der Waals surface area contributed by atoms with Gasteiger partial charge in [0.2, 0.25) is 0 Å². The number of rotatable bonds is 9. The number of ether oxygens (including phenoxy) is 2. The van der Waals surface area contributed by atoms with Crippen molar-refractivity contribution >= 4 is 40.9 Å². The minimum atomic E-state index is -4.70. The van der Waals surface area contributed by atoms with Crippen molar-refractivity contribution in [3.8, 4) is 0 Å². The van der Waals surface area contributed by atoms with E-state index >= 15 is 0 Å². The number of esters is 2. The summed E-state index contributed by atoms with van der Waals surface area (Å²) in [5.74, 6) is -1.60. The Labute approximate surface area is 160 Å². The van der Waals surface area contributed by atoms with E-state index in [2.05, 4.69) is 0 Å². The quantitative estimate of drug-likeness (QED) is 0.309. The number of benzene rings is 1. The molecular formula is C16H23LiO7S. The second-order valence-corrected chi connectivity index (χ2v) is 6.55. The van der Waals surface area contributed by atoms with Crippen molar-refractivity contribution in [3.63, 3.8) is 0 Å². The van der Waals surface area contributed by atoms with Crippen molar-refractivity contribution in [1.82, 2.24) is 0 Å². The Balaban J connectivity index is 0.00000576. The van der Waals surface area contributed by atoms with E-state index in [1.807, 2.05) is 13.8 Å². The number of hydrogen-bond acceptors (Lipinski definition) is 6. The third kappa shape index (κ3) is 7.61. The molecule has 0 aliphatic rings. The summed E-state index contributed by atoms with van der Waals surface area (Å²) in [6.45, 7) is 4.19. The van der Waals surface area contributed by atoms with Gasteiger partial charge in [0.15, 0.2) is 0 Å². The zero-order valence-corrected chi connectivity index (χ0v) is 14.6. The van der Waals surface area contributed by atoms with Crippen LogP contribution in [0.5, 0.6) is 0 Å². The van der Waals surface area contributed by atoms with Crippen LogP contribution in [0.15, 0.2) is 23.1 Å².